The van der Waals surface area contributed by atoms with Gasteiger partial charge in [0.05, 0.1) is 12.1 Å². The molecule has 134 valence electrons. The van der Waals surface area contributed by atoms with Crippen LogP contribution in [-0.4, -0.2) is 26.9 Å². The number of amides is 1. The summed E-state index contributed by atoms with van der Waals surface area (Å²) >= 11 is 1.53. The number of aromatic amines is 1. The monoisotopic (exact) mass is 374 g/mol. The fourth-order valence-corrected chi connectivity index (χ4v) is 4.23. The lowest BCUT2D eigenvalue weighted by Crippen LogP contribution is -2.34. The number of aromatic nitrogens is 3. The Labute approximate surface area is 160 Å². The van der Waals surface area contributed by atoms with E-state index < -0.39 is 0 Å². The summed E-state index contributed by atoms with van der Waals surface area (Å²) in [6, 6.07) is 14.1. The van der Waals surface area contributed by atoms with Crippen molar-refractivity contribution in [1.29, 1.82) is 0 Å². The van der Waals surface area contributed by atoms with Crippen molar-refractivity contribution in [2.24, 2.45) is 0 Å². The van der Waals surface area contributed by atoms with Crippen LogP contribution in [0, 0.1) is 0 Å². The van der Waals surface area contributed by atoms with Crippen molar-refractivity contribution in [2.45, 2.75) is 25.3 Å². The summed E-state index contributed by atoms with van der Waals surface area (Å²) in [6.45, 7) is 0. The van der Waals surface area contributed by atoms with Crippen LogP contribution in [0.2, 0.25) is 0 Å². The van der Waals surface area contributed by atoms with E-state index in [1.807, 2.05) is 58.9 Å². The van der Waals surface area contributed by atoms with Crippen molar-refractivity contribution in [3.05, 3.63) is 65.8 Å². The van der Waals surface area contributed by atoms with Crippen LogP contribution in [0.25, 0.3) is 22.3 Å². The molecular weight excluding hydrogens is 356 g/mol. The van der Waals surface area contributed by atoms with E-state index in [2.05, 4.69) is 9.97 Å². The molecule has 0 aliphatic heterocycles. The summed E-state index contributed by atoms with van der Waals surface area (Å²) < 4.78 is 0. The first-order chi connectivity index (χ1) is 13.3. The van der Waals surface area contributed by atoms with Crippen LogP contribution in [0.3, 0.4) is 0 Å². The largest absolute Gasteiger partial charge is 0.345 e. The molecule has 0 unspecified atom stereocenters. The smallest absolute Gasteiger partial charge is 0.233 e. The Kier molecular flexibility index (Phi) is 3.98. The minimum absolute atomic E-state index is 0.116. The van der Waals surface area contributed by atoms with Crippen molar-refractivity contribution in [3.8, 4) is 11.3 Å². The highest BCUT2D eigenvalue weighted by Crippen LogP contribution is 2.37. The molecule has 6 heteroatoms. The topological polar surface area (TPSA) is 61.9 Å². The van der Waals surface area contributed by atoms with Crippen molar-refractivity contribution >= 4 is 33.4 Å². The Morgan fingerprint density at radius 3 is 2.85 bits per heavy atom. The zero-order valence-corrected chi connectivity index (χ0v) is 15.4. The van der Waals surface area contributed by atoms with E-state index in [-0.39, 0.29) is 11.9 Å². The third-order valence-electron chi connectivity index (χ3n) is 4.80. The first kappa shape index (κ1) is 16.2. The van der Waals surface area contributed by atoms with Crippen molar-refractivity contribution in [1.82, 2.24) is 15.0 Å². The van der Waals surface area contributed by atoms with Gasteiger partial charge in [0.1, 0.15) is 5.65 Å². The average molecular weight is 374 g/mol. The lowest BCUT2D eigenvalue weighted by Gasteiger charge is -2.19. The van der Waals surface area contributed by atoms with Gasteiger partial charge in [0.2, 0.25) is 5.91 Å². The van der Waals surface area contributed by atoms with Crippen LogP contribution >= 0.6 is 11.3 Å². The number of nitrogens with zero attached hydrogens (tertiary/aromatic N) is 3. The minimum atomic E-state index is 0.116. The van der Waals surface area contributed by atoms with Gasteiger partial charge in [-0.2, -0.15) is 0 Å². The van der Waals surface area contributed by atoms with E-state index in [1.54, 1.807) is 6.20 Å². The Morgan fingerprint density at radius 2 is 2.04 bits per heavy atom. The second-order valence-corrected chi connectivity index (χ2v) is 7.61. The van der Waals surface area contributed by atoms with E-state index in [9.17, 15) is 4.79 Å². The van der Waals surface area contributed by atoms with Gasteiger partial charge >= 0.3 is 0 Å². The highest BCUT2D eigenvalue weighted by molar-refractivity contribution is 7.14. The number of carbonyl (C=O) groups is 1. The normalized spacial score (nSPS) is 13.8. The molecule has 0 saturated heterocycles. The van der Waals surface area contributed by atoms with Gasteiger partial charge in [-0.3, -0.25) is 9.69 Å². The summed E-state index contributed by atoms with van der Waals surface area (Å²) in [4.78, 5) is 27.2. The molecule has 1 fully saturated rings. The number of nitrogens with one attached hydrogen (secondary N) is 1. The SMILES string of the molecule is O=C(Cc1ccccc1)N(c1nc(-c2c[nH]c3ncccc23)cs1)C1CC1. The van der Waals surface area contributed by atoms with Crippen LogP contribution in [0.15, 0.2) is 60.2 Å². The number of anilines is 1. The molecule has 0 radical (unpaired) electrons. The number of pyridine rings is 1. The molecule has 5 nitrogen and oxygen atoms in total. The van der Waals surface area contributed by atoms with Crippen LogP contribution in [0.1, 0.15) is 18.4 Å². The molecule has 3 aromatic heterocycles. The molecule has 1 amide bonds. The van der Waals surface area contributed by atoms with E-state index in [4.69, 9.17) is 4.98 Å². The molecular formula is C21H18N4OS. The lowest BCUT2D eigenvalue weighted by molar-refractivity contribution is -0.118. The molecule has 0 spiro atoms. The Balaban J connectivity index is 1.45. The van der Waals surface area contributed by atoms with E-state index in [0.717, 1.165) is 45.8 Å². The zero-order chi connectivity index (χ0) is 18.2. The Hall–Kier alpha value is -2.99. The second kappa shape index (κ2) is 6.63. The van der Waals surface area contributed by atoms with E-state index in [0.29, 0.717) is 6.42 Å². The first-order valence-corrected chi connectivity index (χ1v) is 9.91. The third-order valence-corrected chi connectivity index (χ3v) is 5.64. The fraction of sp³-hybridized carbons (Fsp3) is 0.190. The lowest BCUT2D eigenvalue weighted by atomic mass is 10.1. The molecule has 5 rings (SSSR count). The number of benzene rings is 1. The Bertz CT molecular complexity index is 1100. The molecule has 0 bridgehead atoms. The molecule has 1 aromatic carbocycles. The van der Waals surface area contributed by atoms with Crippen LogP contribution in [-0.2, 0) is 11.2 Å². The van der Waals surface area contributed by atoms with Crippen molar-refractivity contribution < 1.29 is 4.79 Å². The maximum atomic E-state index is 13.0. The van der Waals surface area contributed by atoms with Gasteiger partial charge in [-0.1, -0.05) is 30.3 Å². The zero-order valence-electron chi connectivity index (χ0n) is 14.6. The molecule has 1 aliphatic rings. The van der Waals surface area contributed by atoms with Crippen LogP contribution < -0.4 is 4.90 Å². The van der Waals surface area contributed by atoms with Gasteiger partial charge in [-0.05, 0) is 30.5 Å². The maximum absolute atomic E-state index is 13.0. The molecule has 1 aliphatic carbocycles. The number of hydrogen-bond donors (Lipinski definition) is 1. The van der Waals surface area contributed by atoms with Gasteiger partial charge in [0, 0.05) is 34.8 Å². The number of rotatable bonds is 5. The molecule has 1 N–H and O–H groups in total. The molecule has 4 aromatic rings. The number of carbonyl (C=O) groups excluding carboxylic acids is 1. The first-order valence-electron chi connectivity index (χ1n) is 9.03. The fourth-order valence-electron chi connectivity index (χ4n) is 3.32. The average Bonchev–Trinajstić information content (AvgIpc) is 3.24. The summed E-state index contributed by atoms with van der Waals surface area (Å²) in [5, 5.41) is 3.85. The van der Waals surface area contributed by atoms with E-state index in [1.165, 1.54) is 11.3 Å². The van der Waals surface area contributed by atoms with Crippen molar-refractivity contribution in [2.75, 3.05) is 4.90 Å². The summed E-state index contributed by atoms with van der Waals surface area (Å²) in [5.41, 5.74) is 3.79. The van der Waals surface area contributed by atoms with Gasteiger partial charge in [-0.25, -0.2) is 9.97 Å². The van der Waals surface area contributed by atoms with Gasteiger partial charge in [0.25, 0.3) is 0 Å². The predicted octanol–water partition coefficient (Wildman–Crippen LogP) is 4.42. The minimum Gasteiger partial charge on any atom is -0.345 e. The number of hydrogen-bond acceptors (Lipinski definition) is 4. The standard InChI is InChI=1S/C21H18N4OS/c26-19(11-14-5-2-1-3-6-14)25(15-8-9-15)21-24-18(13-27-21)17-12-23-20-16(17)7-4-10-22-20/h1-7,10,12-13,15H,8-9,11H2,(H,22,23). The van der Waals surface area contributed by atoms with Crippen LogP contribution in [0.4, 0.5) is 5.13 Å². The number of thiazole rings is 1. The van der Waals surface area contributed by atoms with Gasteiger partial charge in [0.15, 0.2) is 5.13 Å². The second-order valence-electron chi connectivity index (χ2n) is 6.77. The Morgan fingerprint density at radius 1 is 1.19 bits per heavy atom. The quantitative estimate of drug-likeness (QED) is 0.562. The van der Waals surface area contributed by atoms with Gasteiger partial charge in [-0.15, -0.1) is 11.3 Å². The summed E-state index contributed by atoms with van der Waals surface area (Å²) in [5.74, 6) is 0.116. The molecule has 3 heterocycles. The third kappa shape index (κ3) is 3.13. The maximum Gasteiger partial charge on any atom is 0.233 e. The van der Waals surface area contributed by atoms with E-state index >= 15 is 0 Å². The number of H-pyrrole nitrogens is 1. The summed E-state index contributed by atoms with van der Waals surface area (Å²) in [6.07, 6.45) is 6.21. The molecule has 0 atom stereocenters. The number of fused-ring (bicyclic) bond motifs is 1. The molecule has 1 saturated carbocycles. The van der Waals surface area contributed by atoms with Crippen LogP contribution in [0.5, 0.6) is 0 Å². The summed E-state index contributed by atoms with van der Waals surface area (Å²) in [7, 11) is 0. The van der Waals surface area contributed by atoms with Crippen molar-refractivity contribution in [3.63, 3.8) is 0 Å². The van der Waals surface area contributed by atoms with Gasteiger partial charge < -0.3 is 4.98 Å². The highest BCUT2D eigenvalue weighted by atomic mass is 32.1. The molecule has 27 heavy (non-hydrogen) atoms. The predicted molar refractivity (Wildman–Crippen MR) is 108 cm³/mol. The highest BCUT2D eigenvalue weighted by Gasteiger charge is 2.35.